The van der Waals surface area contributed by atoms with Crippen molar-refractivity contribution in [1.82, 2.24) is 24.5 Å². The van der Waals surface area contributed by atoms with E-state index in [9.17, 15) is 12.8 Å². The van der Waals surface area contributed by atoms with Crippen LogP contribution in [0.25, 0.3) is 23.0 Å². The monoisotopic (exact) mass is 433 g/mol. The number of anilines is 2. The van der Waals surface area contributed by atoms with Gasteiger partial charge in [0.2, 0.25) is 15.9 Å². The minimum absolute atomic E-state index is 0.0632. The minimum Gasteiger partial charge on any atom is -0.414 e. The maximum absolute atomic E-state index is 13.5. The molecule has 30 heavy (non-hydrogen) atoms. The van der Waals surface area contributed by atoms with Crippen LogP contribution in [0.3, 0.4) is 0 Å². The summed E-state index contributed by atoms with van der Waals surface area (Å²) in [4.78, 5) is 10.6. The molecule has 0 radical (unpaired) electrons. The number of hydrogen-bond acceptors (Lipinski definition) is 9. The normalized spacial score (nSPS) is 15.5. The molecule has 3 aromatic rings. The van der Waals surface area contributed by atoms with Crippen molar-refractivity contribution < 1.29 is 17.2 Å². The molecular formula is C18H20FN7O3S. The van der Waals surface area contributed by atoms with Crippen LogP contribution in [-0.4, -0.2) is 64.8 Å². The van der Waals surface area contributed by atoms with Crippen molar-refractivity contribution in [3.8, 4) is 23.0 Å². The molecule has 158 valence electrons. The summed E-state index contributed by atoms with van der Waals surface area (Å²) in [5, 5.41) is 7.91. The number of sulfonamides is 1. The highest BCUT2D eigenvalue weighted by Gasteiger charge is 2.27. The van der Waals surface area contributed by atoms with Crippen molar-refractivity contribution >= 4 is 21.7 Å². The first-order valence-corrected chi connectivity index (χ1v) is 10.9. The van der Waals surface area contributed by atoms with Crippen molar-refractivity contribution in [2.24, 2.45) is 0 Å². The van der Waals surface area contributed by atoms with E-state index >= 15 is 0 Å². The Morgan fingerprint density at radius 2 is 1.90 bits per heavy atom. The maximum atomic E-state index is 13.5. The summed E-state index contributed by atoms with van der Waals surface area (Å²) in [7, 11) is -3.22. The van der Waals surface area contributed by atoms with Gasteiger partial charge in [-0.1, -0.05) is 6.07 Å². The quantitative estimate of drug-likeness (QED) is 0.634. The van der Waals surface area contributed by atoms with Crippen LogP contribution in [0.1, 0.15) is 6.92 Å². The average Bonchev–Trinajstić information content (AvgIpc) is 3.24. The Hall–Kier alpha value is -3.12. The van der Waals surface area contributed by atoms with Gasteiger partial charge >= 0.3 is 0 Å². The lowest BCUT2D eigenvalue weighted by Gasteiger charge is -2.34. The second-order valence-corrected chi connectivity index (χ2v) is 8.93. The second-order valence-electron chi connectivity index (χ2n) is 6.67. The first-order chi connectivity index (χ1) is 14.4. The molecule has 3 heterocycles. The van der Waals surface area contributed by atoms with E-state index in [1.54, 1.807) is 19.1 Å². The van der Waals surface area contributed by atoms with Gasteiger partial charge in [-0.2, -0.15) is 4.31 Å². The molecule has 1 aromatic carbocycles. The van der Waals surface area contributed by atoms with Crippen LogP contribution >= 0.6 is 0 Å². The van der Waals surface area contributed by atoms with Gasteiger partial charge in [0, 0.05) is 31.7 Å². The molecule has 1 fully saturated rings. The zero-order valence-corrected chi connectivity index (χ0v) is 17.0. The number of piperazine rings is 1. The van der Waals surface area contributed by atoms with E-state index in [0.29, 0.717) is 37.6 Å². The fourth-order valence-corrected chi connectivity index (χ4v) is 4.22. The van der Waals surface area contributed by atoms with E-state index < -0.39 is 15.8 Å². The molecule has 0 amide bonds. The van der Waals surface area contributed by atoms with Crippen LogP contribution in [0.2, 0.25) is 0 Å². The Morgan fingerprint density at radius 1 is 1.17 bits per heavy atom. The number of nitrogens with two attached hydrogens (primary N) is 1. The summed E-state index contributed by atoms with van der Waals surface area (Å²) in [5.41, 5.74) is 6.60. The molecule has 0 atom stereocenters. The van der Waals surface area contributed by atoms with Crippen molar-refractivity contribution in [2.75, 3.05) is 42.6 Å². The Morgan fingerprint density at radius 3 is 2.60 bits per heavy atom. The van der Waals surface area contributed by atoms with Crippen LogP contribution in [0.4, 0.5) is 16.0 Å². The molecule has 0 spiro atoms. The SMILES string of the molecule is CCS(=O)(=O)N1CCN(c2cnc(N)c(-c3nnc(-c4cccc(F)c4)o3)n2)CC1. The maximum Gasteiger partial charge on any atom is 0.270 e. The van der Waals surface area contributed by atoms with Crippen molar-refractivity contribution in [1.29, 1.82) is 0 Å². The number of benzene rings is 1. The standard InChI is InChI=1S/C18H20FN7O3S/c1-2-30(27,28)26-8-6-25(7-9-26)14-11-21-16(20)15(22-14)18-24-23-17(29-18)12-4-3-5-13(19)10-12/h3-5,10-11H,2,6-9H2,1H3,(H2,20,21). The van der Waals surface area contributed by atoms with Crippen LogP contribution in [-0.2, 0) is 10.0 Å². The lowest BCUT2D eigenvalue weighted by molar-refractivity contribution is 0.384. The Balaban J connectivity index is 1.56. The van der Waals surface area contributed by atoms with E-state index in [1.807, 2.05) is 4.90 Å². The highest BCUT2D eigenvalue weighted by Crippen LogP contribution is 2.27. The highest BCUT2D eigenvalue weighted by molar-refractivity contribution is 7.89. The zero-order chi connectivity index (χ0) is 21.3. The molecule has 2 aromatic heterocycles. The van der Waals surface area contributed by atoms with Gasteiger partial charge in [-0.05, 0) is 25.1 Å². The molecule has 4 rings (SSSR count). The van der Waals surface area contributed by atoms with E-state index in [1.165, 1.54) is 22.6 Å². The molecular weight excluding hydrogens is 413 g/mol. The first kappa shape index (κ1) is 20.2. The number of hydrogen-bond donors (Lipinski definition) is 1. The molecule has 0 unspecified atom stereocenters. The minimum atomic E-state index is -3.22. The third kappa shape index (κ3) is 3.96. The fraction of sp³-hybridized carbons (Fsp3) is 0.333. The van der Waals surface area contributed by atoms with Gasteiger partial charge < -0.3 is 15.1 Å². The van der Waals surface area contributed by atoms with Crippen LogP contribution in [0, 0.1) is 5.82 Å². The van der Waals surface area contributed by atoms with Crippen molar-refractivity contribution in [3.05, 3.63) is 36.3 Å². The smallest absolute Gasteiger partial charge is 0.270 e. The number of aromatic nitrogens is 4. The molecule has 12 heteroatoms. The summed E-state index contributed by atoms with van der Waals surface area (Å²) in [6.45, 7) is 3.29. The lowest BCUT2D eigenvalue weighted by atomic mass is 10.2. The van der Waals surface area contributed by atoms with Crippen LogP contribution in [0.5, 0.6) is 0 Å². The molecule has 0 aliphatic carbocycles. The third-order valence-electron chi connectivity index (χ3n) is 4.81. The van der Waals surface area contributed by atoms with Crippen LogP contribution in [0.15, 0.2) is 34.9 Å². The molecule has 2 N–H and O–H groups in total. The Labute approximate surface area is 172 Å². The molecule has 1 saturated heterocycles. The van der Waals surface area contributed by atoms with Gasteiger partial charge in [0.1, 0.15) is 11.6 Å². The van der Waals surface area contributed by atoms with Gasteiger partial charge in [0.15, 0.2) is 11.5 Å². The fourth-order valence-electron chi connectivity index (χ4n) is 3.13. The highest BCUT2D eigenvalue weighted by atomic mass is 32.2. The topological polar surface area (TPSA) is 131 Å². The Bertz CT molecular complexity index is 1160. The van der Waals surface area contributed by atoms with Crippen LogP contribution < -0.4 is 10.6 Å². The largest absolute Gasteiger partial charge is 0.414 e. The zero-order valence-electron chi connectivity index (χ0n) is 16.2. The summed E-state index contributed by atoms with van der Waals surface area (Å²) in [6.07, 6.45) is 1.52. The van der Waals surface area contributed by atoms with Gasteiger partial charge in [-0.25, -0.2) is 22.8 Å². The molecule has 1 aliphatic rings. The van der Waals surface area contributed by atoms with Gasteiger partial charge in [-0.15, -0.1) is 10.2 Å². The predicted octanol–water partition coefficient (Wildman–Crippen LogP) is 1.39. The van der Waals surface area contributed by atoms with E-state index in [2.05, 4.69) is 20.2 Å². The van der Waals surface area contributed by atoms with Crippen molar-refractivity contribution in [3.63, 3.8) is 0 Å². The summed E-state index contributed by atoms with van der Waals surface area (Å²) >= 11 is 0. The van der Waals surface area contributed by atoms with E-state index in [4.69, 9.17) is 10.2 Å². The number of nitrogen functional groups attached to an aromatic ring is 1. The van der Waals surface area contributed by atoms with Gasteiger partial charge in [0.05, 0.1) is 11.9 Å². The van der Waals surface area contributed by atoms with Crippen molar-refractivity contribution in [2.45, 2.75) is 6.92 Å². The number of halogens is 1. The summed E-state index contributed by atoms with van der Waals surface area (Å²) in [5.74, 6) is 0.489. The Kier molecular flexibility index (Phi) is 5.35. The number of nitrogens with zero attached hydrogens (tertiary/aromatic N) is 6. The number of rotatable bonds is 5. The average molecular weight is 433 g/mol. The van der Waals surface area contributed by atoms with E-state index in [0.717, 1.165) is 0 Å². The molecule has 0 saturated carbocycles. The molecule has 1 aliphatic heterocycles. The molecule has 0 bridgehead atoms. The third-order valence-corrected chi connectivity index (χ3v) is 6.69. The first-order valence-electron chi connectivity index (χ1n) is 9.32. The lowest BCUT2D eigenvalue weighted by Crippen LogP contribution is -2.49. The van der Waals surface area contributed by atoms with Gasteiger partial charge in [0.25, 0.3) is 5.89 Å². The molecule has 10 nitrogen and oxygen atoms in total. The summed E-state index contributed by atoms with van der Waals surface area (Å²) in [6, 6.07) is 5.79. The predicted molar refractivity (Wildman–Crippen MR) is 108 cm³/mol. The summed E-state index contributed by atoms with van der Waals surface area (Å²) < 4.78 is 44.6. The second kappa shape index (κ2) is 7.95. The van der Waals surface area contributed by atoms with E-state index in [-0.39, 0.29) is 29.0 Å². The van der Waals surface area contributed by atoms with Gasteiger partial charge in [-0.3, -0.25) is 0 Å².